The summed E-state index contributed by atoms with van der Waals surface area (Å²) in [5.41, 5.74) is 1.07. The third-order valence-electron chi connectivity index (χ3n) is 2.88. The van der Waals surface area contributed by atoms with Crippen LogP contribution in [0, 0.1) is 5.92 Å². The first-order valence-corrected chi connectivity index (χ1v) is 6.41. The first-order chi connectivity index (χ1) is 9.06. The van der Waals surface area contributed by atoms with Crippen LogP contribution in [-0.2, 0) is 4.79 Å². The molecule has 1 aliphatic heterocycles. The van der Waals surface area contributed by atoms with Crippen molar-refractivity contribution < 1.29 is 14.3 Å². The SMILES string of the molecule is CC(C)CCNC(=O)c1ccc2c(c1)NC(=O)CO2. The molecule has 0 saturated heterocycles. The monoisotopic (exact) mass is 262 g/mol. The molecule has 2 N–H and O–H groups in total. The molecule has 1 heterocycles. The van der Waals surface area contributed by atoms with Gasteiger partial charge in [-0.25, -0.2) is 0 Å². The van der Waals surface area contributed by atoms with Crippen molar-refractivity contribution in [2.45, 2.75) is 20.3 Å². The van der Waals surface area contributed by atoms with Gasteiger partial charge >= 0.3 is 0 Å². The Labute approximate surface area is 112 Å². The molecular weight excluding hydrogens is 244 g/mol. The predicted octanol–water partition coefficient (Wildman–Crippen LogP) is 1.79. The van der Waals surface area contributed by atoms with Crippen molar-refractivity contribution in [3.8, 4) is 5.75 Å². The van der Waals surface area contributed by atoms with Crippen molar-refractivity contribution in [3.05, 3.63) is 23.8 Å². The zero-order valence-corrected chi connectivity index (χ0v) is 11.2. The number of nitrogens with one attached hydrogen (secondary N) is 2. The maximum absolute atomic E-state index is 11.9. The highest BCUT2D eigenvalue weighted by Crippen LogP contribution is 2.28. The highest BCUT2D eigenvalue weighted by atomic mass is 16.5. The van der Waals surface area contributed by atoms with Gasteiger partial charge in [-0.15, -0.1) is 0 Å². The second kappa shape index (κ2) is 5.73. The molecule has 0 saturated carbocycles. The van der Waals surface area contributed by atoms with Crippen LogP contribution in [0.25, 0.3) is 0 Å². The van der Waals surface area contributed by atoms with Gasteiger partial charge in [0.05, 0.1) is 5.69 Å². The van der Waals surface area contributed by atoms with Gasteiger partial charge in [0.15, 0.2) is 6.61 Å². The second-order valence-corrected chi connectivity index (χ2v) is 4.99. The summed E-state index contributed by atoms with van der Waals surface area (Å²) in [7, 11) is 0. The van der Waals surface area contributed by atoms with Crippen molar-refractivity contribution in [1.82, 2.24) is 5.32 Å². The lowest BCUT2D eigenvalue weighted by molar-refractivity contribution is -0.118. The zero-order chi connectivity index (χ0) is 13.8. The molecule has 0 atom stereocenters. The Bertz CT molecular complexity index is 497. The zero-order valence-electron chi connectivity index (χ0n) is 11.2. The Kier molecular flexibility index (Phi) is 4.04. The fourth-order valence-electron chi connectivity index (χ4n) is 1.80. The Morgan fingerprint density at radius 3 is 3.00 bits per heavy atom. The fourth-order valence-corrected chi connectivity index (χ4v) is 1.80. The molecule has 0 bridgehead atoms. The van der Waals surface area contributed by atoms with Gasteiger partial charge in [-0.3, -0.25) is 9.59 Å². The Balaban J connectivity index is 2.02. The van der Waals surface area contributed by atoms with Gasteiger partial charge in [-0.1, -0.05) is 13.8 Å². The molecule has 0 radical (unpaired) electrons. The standard InChI is InChI=1S/C14H18N2O3/c1-9(2)5-6-15-14(18)10-3-4-12-11(7-10)16-13(17)8-19-12/h3-4,7,9H,5-6,8H2,1-2H3,(H,15,18)(H,16,17). The van der Waals surface area contributed by atoms with Crippen LogP contribution in [0.4, 0.5) is 5.69 Å². The number of anilines is 1. The molecule has 0 spiro atoms. The molecule has 2 amide bonds. The first kappa shape index (κ1) is 13.4. The van der Waals surface area contributed by atoms with Crippen LogP contribution < -0.4 is 15.4 Å². The normalized spacial score (nSPS) is 13.5. The first-order valence-electron chi connectivity index (χ1n) is 6.41. The van der Waals surface area contributed by atoms with Gasteiger partial charge in [0, 0.05) is 12.1 Å². The van der Waals surface area contributed by atoms with Gasteiger partial charge in [0.2, 0.25) is 0 Å². The second-order valence-electron chi connectivity index (χ2n) is 4.99. The summed E-state index contributed by atoms with van der Waals surface area (Å²) < 4.78 is 5.24. The van der Waals surface area contributed by atoms with Crippen molar-refractivity contribution in [3.63, 3.8) is 0 Å². The van der Waals surface area contributed by atoms with E-state index in [1.807, 2.05) is 0 Å². The minimum Gasteiger partial charge on any atom is -0.482 e. The van der Waals surface area contributed by atoms with E-state index in [2.05, 4.69) is 24.5 Å². The van der Waals surface area contributed by atoms with Gasteiger partial charge in [-0.2, -0.15) is 0 Å². The molecule has 1 aliphatic rings. The van der Waals surface area contributed by atoms with E-state index in [4.69, 9.17) is 4.74 Å². The lowest BCUT2D eigenvalue weighted by Crippen LogP contribution is -2.27. The van der Waals surface area contributed by atoms with E-state index < -0.39 is 0 Å². The number of hydrogen-bond acceptors (Lipinski definition) is 3. The van der Waals surface area contributed by atoms with E-state index in [-0.39, 0.29) is 18.4 Å². The molecule has 0 aromatic heterocycles. The van der Waals surface area contributed by atoms with Gasteiger partial charge < -0.3 is 15.4 Å². The molecule has 19 heavy (non-hydrogen) atoms. The molecular formula is C14H18N2O3. The smallest absolute Gasteiger partial charge is 0.262 e. The summed E-state index contributed by atoms with van der Waals surface area (Å²) >= 11 is 0. The van der Waals surface area contributed by atoms with Gasteiger partial charge in [0.1, 0.15) is 5.75 Å². The fraction of sp³-hybridized carbons (Fsp3) is 0.429. The molecule has 1 aromatic carbocycles. The summed E-state index contributed by atoms with van der Waals surface area (Å²) in [5.74, 6) is 0.808. The number of carbonyl (C=O) groups is 2. The number of fused-ring (bicyclic) bond motifs is 1. The third-order valence-corrected chi connectivity index (χ3v) is 2.88. The molecule has 0 aliphatic carbocycles. The van der Waals surface area contributed by atoms with E-state index in [0.717, 1.165) is 6.42 Å². The van der Waals surface area contributed by atoms with Crippen molar-refractivity contribution >= 4 is 17.5 Å². The van der Waals surface area contributed by atoms with Crippen LogP contribution >= 0.6 is 0 Å². The molecule has 102 valence electrons. The highest BCUT2D eigenvalue weighted by molar-refractivity contribution is 5.99. The molecule has 5 heteroatoms. The minimum atomic E-state index is -0.204. The number of ether oxygens (including phenoxy) is 1. The average molecular weight is 262 g/mol. The van der Waals surface area contributed by atoms with Crippen LogP contribution in [0.5, 0.6) is 5.75 Å². The van der Waals surface area contributed by atoms with Crippen LogP contribution in [-0.4, -0.2) is 25.0 Å². The highest BCUT2D eigenvalue weighted by Gasteiger charge is 2.17. The average Bonchev–Trinajstić information content (AvgIpc) is 2.37. The summed E-state index contributed by atoms with van der Waals surface area (Å²) in [6, 6.07) is 5.03. The summed E-state index contributed by atoms with van der Waals surface area (Å²) in [5, 5.41) is 5.54. The Morgan fingerprint density at radius 2 is 2.26 bits per heavy atom. The quantitative estimate of drug-likeness (QED) is 0.869. The largest absolute Gasteiger partial charge is 0.482 e. The topological polar surface area (TPSA) is 67.4 Å². The maximum Gasteiger partial charge on any atom is 0.262 e. The van der Waals surface area contributed by atoms with E-state index in [9.17, 15) is 9.59 Å². The van der Waals surface area contributed by atoms with Gasteiger partial charge in [0.25, 0.3) is 11.8 Å². The number of amides is 2. The Morgan fingerprint density at radius 1 is 1.47 bits per heavy atom. The van der Waals surface area contributed by atoms with Gasteiger partial charge in [-0.05, 0) is 30.5 Å². The number of hydrogen-bond donors (Lipinski definition) is 2. The lowest BCUT2D eigenvalue weighted by Gasteiger charge is -2.18. The summed E-state index contributed by atoms with van der Waals surface area (Å²) in [6.07, 6.45) is 0.941. The maximum atomic E-state index is 11.9. The van der Waals surface area contributed by atoms with E-state index >= 15 is 0 Å². The molecule has 5 nitrogen and oxygen atoms in total. The minimum absolute atomic E-state index is 0.0208. The number of benzene rings is 1. The van der Waals surface area contributed by atoms with Crippen molar-refractivity contribution in [2.24, 2.45) is 5.92 Å². The van der Waals surface area contributed by atoms with Crippen LogP contribution in [0.2, 0.25) is 0 Å². The molecule has 2 rings (SSSR count). The van der Waals surface area contributed by atoms with E-state index in [1.165, 1.54) is 0 Å². The Hall–Kier alpha value is -2.04. The van der Waals surface area contributed by atoms with Crippen molar-refractivity contribution in [1.29, 1.82) is 0 Å². The number of rotatable bonds is 4. The molecule has 0 unspecified atom stereocenters. The van der Waals surface area contributed by atoms with Crippen molar-refractivity contribution in [2.75, 3.05) is 18.5 Å². The predicted molar refractivity (Wildman–Crippen MR) is 72.4 cm³/mol. The molecule has 1 aromatic rings. The van der Waals surface area contributed by atoms with Crippen LogP contribution in [0.15, 0.2) is 18.2 Å². The molecule has 0 fully saturated rings. The lowest BCUT2D eigenvalue weighted by atomic mass is 10.1. The van der Waals surface area contributed by atoms with Crippen LogP contribution in [0.1, 0.15) is 30.6 Å². The summed E-state index contributed by atoms with van der Waals surface area (Å²) in [6.45, 7) is 4.89. The summed E-state index contributed by atoms with van der Waals surface area (Å²) in [4.78, 5) is 23.1. The third kappa shape index (κ3) is 3.47. The van der Waals surface area contributed by atoms with Crippen LogP contribution in [0.3, 0.4) is 0 Å². The number of carbonyl (C=O) groups excluding carboxylic acids is 2. The van der Waals surface area contributed by atoms with E-state index in [0.29, 0.717) is 29.5 Å². The van der Waals surface area contributed by atoms with E-state index in [1.54, 1.807) is 18.2 Å².